The molecule has 1 N–H and O–H groups in total. The Morgan fingerprint density at radius 1 is 1.13 bits per heavy atom. The van der Waals surface area contributed by atoms with Crippen LogP contribution in [0.1, 0.15) is 32.3 Å². The lowest BCUT2D eigenvalue weighted by atomic mass is 9.92. The maximum atomic E-state index is 10.0. The second kappa shape index (κ2) is 6.29. The topological polar surface area (TPSA) is 20.2 Å². The molecule has 1 atom stereocenters. The van der Waals surface area contributed by atoms with Gasteiger partial charge in [-0.15, -0.1) is 0 Å². The van der Waals surface area contributed by atoms with E-state index in [1.165, 1.54) is 5.56 Å². The molecule has 1 nitrogen and oxygen atoms in total. The summed E-state index contributed by atoms with van der Waals surface area (Å²) in [6.07, 6.45) is 2.66. The number of aliphatic hydroxyl groups is 1. The first kappa shape index (κ1) is 12.7. The number of halogens is 1. The van der Waals surface area contributed by atoms with Gasteiger partial charge in [0.2, 0.25) is 0 Å². The minimum Gasteiger partial charge on any atom is -0.392 e. The van der Waals surface area contributed by atoms with Crippen molar-refractivity contribution in [2.24, 2.45) is 5.92 Å². The molecule has 1 aromatic rings. The lowest BCUT2D eigenvalue weighted by molar-refractivity contribution is 0.103. The van der Waals surface area contributed by atoms with E-state index >= 15 is 0 Å². The van der Waals surface area contributed by atoms with Crippen molar-refractivity contribution >= 4 is 15.9 Å². The zero-order chi connectivity index (χ0) is 11.3. The van der Waals surface area contributed by atoms with Gasteiger partial charge in [0.1, 0.15) is 0 Å². The molecule has 0 bridgehead atoms. The second-order valence-corrected chi connectivity index (χ2v) is 4.89. The number of rotatable bonds is 5. The largest absolute Gasteiger partial charge is 0.392 e. The highest BCUT2D eigenvalue weighted by Crippen LogP contribution is 2.18. The van der Waals surface area contributed by atoms with Crippen LogP contribution in [0, 0.1) is 5.92 Å². The molecule has 0 aromatic heterocycles. The van der Waals surface area contributed by atoms with Crippen LogP contribution in [0.2, 0.25) is 0 Å². The third-order valence-corrected chi connectivity index (χ3v) is 3.48. The van der Waals surface area contributed by atoms with Crippen molar-refractivity contribution < 1.29 is 5.11 Å². The van der Waals surface area contributed by atoms with Gasteiger partial charge in [-0.05, 0) is 30.0 Å². The first-order valence-corrected chi connectivity index (χ1v) is 6.39. The van der Waals surface area contributed by atoms with Crippen molar-refractivity contribution in [3.8, 4) is 0 Å². The van der Waals surface area contributed by atoms with E-state index in [4.69, 9.17) is 0 Å². The molecule has 1 rings (SSSR count). The molecule has 0 fully saturated rings. The summed E-state index contributed by atoms with van der Waals surface area (Å²) in [7, 11) is 0. The van der Waals surface area contributed by atoms with Crippen LogP contribution in [0.15, 0.2) is 28.7 Å². The lowest BCUT2D eigenvalue weighted by Gasteiger charge is -2.19. The van der Waals surface area contributed by atoms with E-state index in [1.54, 1.807) is 0 Å². The molecule has 0 saturated heterocycles. The lowest BCUT2D eigenvalue weighted by Crippen LogP contribution is -2.21. The van der Waals surface area contributed by atoms with Gasteiger partial charge in [-0.1, -0.05) is 54.8 Å². The zero-order valence-corrected chi connectivity index (χ0v) is 11.0. The summed E-state index contributed by atoms with van der Waals surface area (Å²) >= 11 is 3.41. The Morgan fingerprint density at radius 2 is 1.67 bits per heavy atom. The Morgan fingerprint density at radius 3 is 2.13 bits per heavy atom. The first-order chi connectivity index (χ1) is 7.17. The molecule has 0 heterocycles. The van der Waals surface area contributed by atoms with E-state index in [9.17, 15) is 5.11 Å². The van der Waals surface area contributed by atoms with Gasteiger partial charge >= 0.3 is 0 Å². The van der Waals surface area contributed by atoms with Crippen molar-refractivity contribution in [2.75, 3.05) is 0 Å². The maximum Gasteiger partial charge on any atom is 0.0608 e. The highest BCUT2D eigenvalue weighted by atomic mass is 79.9. The molecular formula is C13H19BrO. The summed E-state index contributed by atoms with van der Waals surface area (Å²) in [5.41, 5.74) is 1.21. The van der Waals surface area contributed by atoms with Crippen molar-refractivity contribution in [2.45, 2.75) is 39.2 Å². The van der Waals surface area contributed by atoms with Crippen LogP contribution in [0.4, 0.5) is 0 Å². The first-order valence-electron chi connectivity index (χ1n) is 5.59. The molecule has 0 amide bonds. The van der Waals surface area contributed by atoms with Crippen molar-refractivity contribution in [1.82, 2.24) is 0 Å². The van der Waals surface area contributed by atoms with Gasteiger partial charge in [-0.25, -0.2) is 0 Å². The number of hydrogen-bond acceptors (Lipinski definition) is 1. The van der Waals surface area contributed by atoms with E-state index in [1.807, 2.05) is 12.1 Å². The van der Waals surface area contributed by atoms with Gasteiger partial charge in [0.25, 0.3) is 0 Å². The molecule has 84 valence electrons. The number of hydrogen-bond donors (Lipinski definition) is 1. The molecule has 2 heteroatoms. The maximum absolute atomic E-state index is 10.0. The Bertz CT molecular complexity index is 277. The summed E-state index contributed by atoms with van der Waals surface area (Å²) < 4.78 is 1.09. The van der Waals surface area contributed by atoms with Gasteiger partial charge in [0.05, 0.1) is 6.10 Å². The number of benzene rings is 1. The minimum absolute atomic E-state index is 0.207. The van der Waals surface area contributed by atoms with Crippen LogP contribution < -0.4 is 0 Å². The van der Waals surface area contributed by atoms with Crippen LogP contribution in [-0.4, -0.2) is 11.2 Å². The van der Waals surface area contributed by atoms with Crippen LogP contribution in [0.5, 0.6) is 0 Å². The molecular weight excluding hydrogens is 252 g/mol. The Labute approximate surface area is 101 Å². The quantitative estimate of drug-likeness (QED) is 0.863. The molecule has 0 radical (unpaired) electrons. The highest BCUT2D eigenvalue weighted by molar-refractivity contribution is 9.10. The van der Waals surface area contributed by atoms with E-state index in [2.05, 4.69) is 41.9 Å². The smallest absolute Gasteiger partial charge is 0.0608 e. The molecule has 0 aliphatic rings. The zero-order valence-electron chi connectivity index (χ0n) is 9.41. The highest BCUT2D eigenvalue weighted by Gasteiger charge is 2.15. The van der Waals surface area contributed by atoms with E-state index < -0.39 is 0 Å². The molecule has 0 aliphatic heterocycles. The van der Waals surface area contributed by atoms with Gasteiger partial charge < -0.3 is 5.11 Å². The van der Waals surface area contributed by atoms with E-state index in [0.717, 1.165) is 23.7 Å². The van der Waals surface area contributed by atoms with Crippen LogP contribution >= 0.6 is 15.9 Å². The fourth-order valence-corrected chi connectivity index (χ4v) is 2.13. The fourth-order valence-electron chi connectivity index (χ4n) is 1.86. The molecule has 1 aromatic carbocycles. The summed E-state index contributed by atoms with van der Waals surface area (Å²) in [6.45, 7) is 4.28. The second-order valence-electron chi connectivity index (χ2n) is 3.97. The molecule has 15 heavy (non-hydrogen) atoms. The SMILES string of the molecule is CCC(CC)C(O)Cc1ccc(Br)cc1. The van der Waals surface area contributed by atoms with Crippen molar-refractivity contribution in [3.05, 3.63) is 34.3 Å². The number of aliphatic hydroxyl groups excluding tert-OH is 1. The minimum atomic E-state index is -0.207. The predicted molar refractivity (Wildman–Crippen MR) is 67.9 cm³/mol. The van der Waals surface area contributed by atoms with Gasteiger partial charge in [0.15, 0.2) is 0 Å². The predicted octanol–water partition coefficient (Wildman–Crippen LogP) is 3.79. The van der Waals surface area contributed by atoms with Gasteiger partial charge in [-0.2, -0.15) is 0 Å². The van der Waals surface area contributed by atoms with E-state index in [0.29, 0.717) is 5.92 Å². The van der Waals surface area contributed by atoms with Crippen LogP contribution in [0.25, 0.3) is 0 Å². The summed E-state index contributed by atoms with van der Waals surface area (Å²) in [5, 5.41) is 10.0. The van der Waals surface area contributed by atoms with Crippen molar-refractivity contribution in [1.29, 1.82) is 0 Å². The van der Waals surface area contributed by atoms with E-state index in [-0.39, 0.29) is 6.10 Å². The summed E-state index contributed by atoms with van der Waals surface area (Å²) in [6, 6.07) is 8.18. The van der Waals surface area contributed by atoms with Crippen molar-refractivity contribution in [3.63, 3.8) is 0 Å². The summed E-state index contributed by atoms with van der Waals surface area (Å²) in [4.78, 5) is 0. The Hall–Kier alpha value is -0.340. The molecule has 0 saturated carbocycles. The van der Waals surface area contributed by atoms with Gasteiger partial charge in [0, 0.05) is 4.47 Å². The Balaban J connectivity index is 2.57. The summed E-state index contributed by atoms with van der Waals surface area (Å²) in [5.74, 6) is 0.425. The Kier molecular flexibility index (Phi) is 5.34. The fraction of sp³-hybridized carbons (Fsp3) is 0.538. The average molecular weight is 271 g/mol. The van der Waals surface area contributed by atoms with Crippen LogP contribution in [-0.2, 0) is 6.42 Å². The molecule has 0 aliphatic carbocycles. The third-order valence-electron chi connectivity index (χ3n) is 2.95. The van der Waals surface area contributed by atoms with Gasteiger partial charge in [-0.3, -0.25) is 0 Å². The average Bonchev–Trinajstić information content (AvgIpc) is 2.23. The van der Waals surface area contributed by atoms with Crippen LogP contribution in [0.3, 0.4) is 0 Å². The third kappa shape index (κ3) is 3.96. The monoisotopic (exact) mass is 270 g/mol. The molecule has 0 spiro atoms. The molecule has 1 unspecified atom stereocenters. The normalized spacial score (nSPS) is 13.1. The standard InChI is InChI=1S/C13H19BrO/c1-3-11(4-2)13(15)9-10-5-7-12(14)8-6-10/h5-8,11,13,15H,3-4,9H2,1-2H3.